The lowest BCUT2D eigenvalue weighted by molar-refractivity contribution is 0.0835. The molecular weight excluding hydrogens is 282 g/mol. The number of Topliss-reactive ketones (excluding diaryl/α,β-unsaturated/α-hetero) is 1. The molecular formula is C12H18BrN3O. The highest BCUT2D eigenvalue weighted by molar-refractivity contribution is 9.10. The van der Waals surface area contributed by atoms with Gasteiger partial charge >= 0.3 is 0 Å². The number of ketones is 1. The molecule has 0 aliphatic heterocycles. The summed E-state index contributed by atoms with van der Waals surface area (Å²) in [5, 5.41) is 4.17. The second kappa shape index (κ2) is 4.90. The molecule has 0 aromatic carbocycles. The standard InChI is InChI=1S/C12H18BrN3O/c1-2-16-10(9(13)8-15-16)11(17)12(14)6-4-3-5-7-12/h8H,2-7,14H2,1H3. The third-order valence-corrected chi connectivity index (χ3v) is 4.09. The van der Waals surface area contributed by atoms with E-state index in [4.69, 9.17) is 5.73 Å². The zero-order valence-corrected chi connectivity index (χ0v) is 11.7. The normalized spacial score (nSPS) is 19.2. The van der Waals surface area contributed by atoms with Crippen molar-refractivity contribution in [1.29, 1.82) is 0 Å². The SMILES string of the molecule is CCn1ncc(Br)c1C(=O)C1(N)CCCCC1. The lowest BCUT2D eigenvalue weighted by atomic mass is 9.78. The number of hydrogen-bond donors (Lipinski definition) is 1. The van der Waals surface area contributed by atoms with Crippen LogP contribution in [0, 0.1) is 0 Å². The van der Waals surface area contributed by atoms with Crippen LogP contribution in [0.5, 0.6) is 0 Å². The lowest BCUT2D eigenvalue weighted by Crippen LogP contribution is -2.50. The van der Waals surface area contributed by atoms with Gasteiger partial charge in [-0.05, 0) is 35.7 Å². The number of hydrogen-bond acceptors (Lipinski definition) is 3. The Morgan fingerprint density at radius 3 is 2.76 bits per heavy atom. The molecule has 4 nitrogen and oxygen atoms in total. The molecule has 1 fully saturated rings. The van der Waals surface area contributed by atoms with Crippen LogP contribution >= 0.6 is 15.9 Å². The number of halogens is 1. The molecule has 94 valence electrons. The Balaban J connectivity index is 2.32. The van der Waals surface area contributed by atoms with Crippen LogP contribution in [0.25, 0.3) is 0 Å². The van der Waals surface area contributed by atoms with E-state index in [1.165, 1.54) is 6.42 Å². The van der Waals surface area contributed by atoms with E-state index >= 15 is 0 Å². The first-order chi connectivity index (χ1) is 8.08. The molecule has 0 amide bonds. The summed E-state index contributed by atoms with van der Waals surface area (Å²) in [6, 6.07) is 0. The summed E-state index contributed by atoms with van der Waals surface area (Å²) in [6.07, 6.45) is 6.50. The quantitative estimate of drug-likeness (QED) is 0.873. The summed E-state index contributed by atoms with van der Waals surface area (Å²) in [6.45, 7) is 2.66. The van der Waals surface area contributed by atoms with Crippen LogP contribution in [0.2, 0.25) is 0 Å². The smallest absolute Gasteiger partial charge is 0.201 e. The molecule has 1 aromatic rings. The van der Waals surface area contributed by atoms with Gasteiger partial charge in [0.15, 0.2) is 0 Å². The predicted octanol–water partition coefficient (Wildman–Crippen LogP) is 2.51. The summed E-state index contributed by atoms with van der Waals surface area (Å²) in [4.78, 5) is 12.6. The number of carbonyl (C=O) groups is 1. The molecule has 0 bridgehead atoms. The molecule has 17 heavy (non-hydrogen) atoms. The van der Waals surface area contributed by atoms with Crippen molar-refractivity contribution in [1.82, 2.24) is 9.78 Å². The van der Waals surface area contributed by atoms with Crippen LogP contribution in [0.4, 0.5) is 0 Å². The second-order valence-electron chi connectivity index (χ2n) is 4.70. The molecule has 1 aliphatic rings. The fourth-order valence-corrected chi connectivity index (χ4v) is 2.95. The number of aryl methyl sites for hydroxylation is 1. The summed E-state index contributed by atoms with van der Waals surface area (Å²) in [5.41, 5.74) is 6.21. The highest BCUT2D eigenvalue weighted by Crippen LogP contribution is 2.31. The third kappa shape index (κ3) is 2.31. The first kappa shape index (κ1) is 12.8. The number of nitrogens with zero attached hydrogens (tertiary/aromatic N) is 2. The molecule has 2 rings (SSSR count). The Morgan fingerprint density at radius 2 is 2.18 bits per heavy atom. The minimum Gasteiger partial charge on any atom is -0.319 e. The Hall–Kier alpha value is -0.680. The molecule has 1 aromatic heterocycles. The number of nitrogens with two attached hydrogens (primary N) is 1. The summed E-state index contributed by atoms with van der Waals surface area (Å²) >= 11 is 3.39. The zero-order chi connectivity index (χ0) is 12.5. The number of carbonyl (C=O) groups excluding carboxylic acids is 1. The van der Waals surface area contributed by atoms with Crippen LogP contribution < -0.4 is 5.73 Å². The maximum atomic E-state index is 12.6. The van der Waals surface area contributed by atoms with Gasteiger partial charge in [-0.15, -0.1) is 0 Å². The van der Waals surface area contributed by atoms with Crippen molar-refractivity contribution in [3.05, 3.63) is 16.4 Å². The third-order valence-electron chi connectivity index (χ3n) is 3.51. The van der Waals surface area contributed by atoms with Gasteiger partial charge in [0.1, 0.15) is 5.69 Å². The van der Waals surface area contributed by atoms with E-state index in [0.717, 1.165) is 30.2 Å². The minimum absolute atomic E-state index is 0.0309. The Bertz CT molecular complexity index is 421. The van der Waals surface area contributed by atoms with E-state index < -0.39 is 5.54 Å². The molecule has 0 saturated heterocycles. The van der Waals surface area contributed by atoms with Gasteiger partial charge in [-0.25, -0.2) is 0 Å². The predicted molar refractivity (Wildman–Crippen MR) is 69.9 cm³/mol. The van der Waals surface area contributed by atoms with E-state index in [2.05, 4.69) is 21.0 Å². The van der Waals surface area contributed by atoms with Gasteiger partial charge in [0.05, 0.1) is 16.2 Å². The highest BCUT2D eigenvalue weighted by Gasteiger charge is 2.38. The van der Waals surface area contributed by atoms with E-state index in [-0.39, 0.29) is 5.78 Å². The monoisotopic (exact) mass is 299 g/mol. The zero-order valence-electron chi connectivity index (χ0n) is 10.1. The van der Waals surface area contributed by atoms with Crippen molar-refractivity contribution < 1.29 is 4.79 Å². The largest absolute Gasteiger partial charge is 0.319 e. The maximum Gasteiger partial charge on any atom is 0.201 e. The van der Waals surface area contributed by atoms with Crippen molar-refractivity contribution in [2.24, 2.45) is 5.73 Å². The molecule has 0 radical (unpaired) electrons. The molecule has 0 atom stereocenters. The molecule has 5 heteroatoms. The highest BCUT2D eigenvalue weighted by atomic mass is 79.9. The van der Waals surface area contributed by atoms with Gasteiger partial charge in [-0.3, -0.25) is 9.48 Å². The Labute approximate surface area is 110 Å². The number of rotatable bonds is 3. The van der Waals surface area contributed by atoms with Gasteiger partial charge in [-0.1, -0.05) is 19.3 Å². The topological polar surface area (TPSA) is 60.9 Å². The van der Waals surface area contributed by atoms with Crippen LogP contribution in [0.3, 0.4) is 0 Å². The van der Waals surface area contributed by atoms with Crippen molar-refractivity contribution in [2.75, 3.05) is 0 Å². The van der Waals surface area contributed by atoms with Crippen LogP contribution in [0.15, 0.2) is 10.7 Å². The Morgan fingerprint density at radius 1 is 1.53 bits per heavy atom. The van der Waals surface area contributed by atoms with Crippen LogP contribution in [-0.4, -0.2) is 21.1 Å². The lowest BCUT2D eigenvalue weighted by Gasteiger charge is -2.31. The van der Waals surface area contributed by atoms with Crippen LogP contribution in [-0.2, 0) is 6.54 Å². The molecule has 2 N–H and O–H groups in total. The van der Waals surface area contributed by atoms with E-state index in [1.54, 1.807) is 10.9 Å². The van der Waals surface area contributed by atoms with Crippen molar-refractivity contribution in [2.45, 2.75) is 51.1 Å². The average Bonchev–Trinajstić information content (AvgIpc) is 2.70. The summed E-state index contributed by atoms with van der Waals surface area (Å²) < 4.78 is 2.47. The first-order valence-corrected chi connectivity index (χ1v) is 6.93. The van der Waals surface area contributed by atoms with Crippen LogP contribution in [0.1, 0.15) is 49.5 Å². The van der Waals surface area contributed by atoms with Crippen molar-refractivity contribution in [3.8, 4) is 0 Å². The summed E-state index contributed by atoms with van der Waals surface area (Å²) in [7, 11) is 0. The van der Waals surface area contributed by atoms with Gasteiger partial charge in [0.2, 0.25) is 5.78 Å². The van der Waals surface area contributed by atoms with Gasteiger partial charge in [0, 0.05) is 6.54 Å². The molecule has 0 unspecified atom stereocenters. The fourth-order valence-electron chi connectivity index (χ4n) is 2.47. The van der Waals surface area contributed by atoms with Crippen molar-refractivity contribution in [3.63, 3.8) is 0 Å². The first-order valence-electron chi connectivity index (χ1n) is 6.13. The van der Waals surface area contributed by atoms with E-state index in [1.807, 2.05) is 6.92 Å². The summed E-state index contributed by atoms with van der Waals surface area (Å²) in [5.74, 6) is 0.0309. The number of aromatic nitrogens is 2. The van der Waals surface area contributed by atoms with Gasteiger partial charge < -0.3 is 5.73 Å². The molecule has 1 aliphatic carbocycles. The van der Waals surface area contributed by atoms with Gasteiger partial charge in [0.25, 0.3) is 0 Å². The molecule has 0 spiro atoms. The second-order valence-corrected chi connectivity index (χ2v) is 5.56. The molecule has 1 saturated carbocycles. The minimum atomic E-state index is -0.687. The molecule has 1 heterocycles. The van der Waals surface area contributed by atoms with Crippen molar-refractivity contribution >= 4 is 21.7 Å². The van der Waals surface area contributed by atoms with Gasteiger partial charge in [-0.2, -0.15) is 5.10 Å². The Kier molecular flexibility index (Phi) is 3.68. The fraction of sp³-hybridized carbons (Fsp3) is 0.667. The van der Waals surface area contributed by atoms with E-state index in [9.17, 15) is 4.79 Å². The average molecular weight is 300 g/mol. The van der Waals surface area contributed by atoms with E-state index in [0.29, 0.717) is 12.2 Å². The maximum absolute atomic E-state index is 12.6.